The van der Waals surface area contributed by atoms with Gasteiger partial charge >= 0.3 is 0 Å². The summed E-state index contributed by atoms with van der Waals surface area (Å²) in [4.78, 5) is 1.16. The molecular weight excluding hydrogens is 256 g/mol. The largest absolute Gasteiger partial charge is 0.457 e. The summed E-state index contributed by atoms with van der Waals surface area (Å²) in [5.74, 6) is 1.25. The molecular formula is C15H10N2OS. The van der Waals surface area contributed by atoms with Crippen LogP contribution in [0.2, 0.25) is 0 Å². The fourth-order valence-corrected chi connectivity index (χ4v) is 1.96. The highest BCUT2D eigenvalue weighted by atomic mass is 32.2. The lowest BCUT2D eigenvalue weighted by Crippen LogP contribution is -1.88. The Morgan fingerprint density at radius 3 is 2.11 bits per heavy atom. The van der Waals surface area contributed by atoms with Crippen LogP contribution in [0.25, 0.3) is 0 Å². The predicted molar refractivity (Wildman–Crippen MR) is 74.2 cm³/mol. The average Bonchev–Trinajstić information content (AvgIpc) is 2.48. The number of hydrogen-bond donors (Lipinski definition) is 0. The first-order valence-corrected chi connectivity index (χ1v) is 6.75. The molecule has 0 aromatic heterocycles. The van der Waals surface area contributed by atoms with Crippen LogP contribution in [-0.4, -0.2) is 6.26 Å². The lowest BCUT2D eigenvalue weighted by Gasteiger charge is -2.07. The van der Waals surface area contributed by atoms with E-state index in [1.165, 1.54) is 0 Å². The fourth-order valence-electron chi connectivity index (χ4n) is 1.56. The van der Waals surface area contributed by atoms with Crippen LogP contribution in [0.4, 0.5) is 0 Å². The first-order chi connectivity index (χ1) is 9.26. The third-order valence-electron chi connectivity index (χ3n) is 2.53. The predicted octanol–water partition coefficient (Wildman–Crippen LogP) is 3.94. The Labute approximate surface area is 116 Å². The zero-order valence-corrected chi connectivity index (χ0v) is 11.1. The first-order valence-electron chi connectivity index (χ1n) is 5.53. The molecule has 0 fully saturated rings. The molecule has 0 heterocycles. The highest BCUT2D eigenvalue weighted by molar-refractivity contribution is 7.98. The highest BCUT2D eigenvalue weighted by Crippen LogP contribution is 2.25. The molecule has 0 saturated heterocycles. The Balaban J connectivity index is 2.24. The smallest absolute Gasteiger partial charge is 0.128 e. The van der Waals surface area contributed by atoms with Gasteiger partial charge in [0.2, 0.25) is 0 Å². The van der Waals surface area contributed by atoms with Gasteiger partial charge in [0.05, 0.1) is 11.1 Å². The van der Waals surface area contributed by atoms with Gasteiger partial charge < -0.3 is 4.74 Å². The lowest BCUT2D eigenvalue weighted by molar-refractivity contribution is 0.482. The number of nitriles is 2. The van der Waals surface area contributed by atoms with E-state index in [0.29, 0.717) is 22.6 Å². The minimum Gasteiger partial charge on any atom is -0.457 e. The second-order valence-corrected chi connectivity index (χ2v) is 4.59. The second-order valence-electron chi connectivity index (χ2n) is 3.71. The summed E-state index contributed by atoms with van der Waals surface area (Å²) in [6.45, 7) is 0. The van der Waals surface area contributed by atoms with Crippen molar-refractivity contribution in [3.63, 3.8) is 0 Å². The summed E-state index contributed by atoms with van der Waals surface area (Å²) in [6, 6.07) is 16.5. The van der Waals surface area contributed by atoms with Gasteiger partial charge in [-0.1, -0.05) is 0 Å². The maximum atomic E-state index is 8.95. The summed E-state index contributed by atoms with van der Waals surface area (Å²) >= 11 is 1.66. The van der Waals surface area contributed by atoms with Crippen molar-refractivity contribution < 1.29 is 4.74 Å². The molecule has 3 nitrogen and oxygen atoms in total. The Bertz CT molecular complexity index is 666. The van der Waals surface area contributed by atoms with E-state index >= 15 is 0 Å². The molecule has 0 spiro atoms. The molecule has 0 saturated carbocycles. The molecule has 19 heavy (non-hydrogen) atoms. The summed E-state index contributed by atoms with van der Waals surface area (Å²) in [6.07, 6.45) is 2.01. The van der Waals surface area contributed by atoms with Crippen LogP contribution in [0.1, 0.15) is 11.1 Å². The second kappa shape index (κ2) is 5.95. The van der Waals surface area contributed by atoms with Crippen molar-refractivity contribution in [1.82, 2.24) is 0 Å². The zero-order chi connectivity index (χ0) is 13.7. The molecule has 0 radical (unpaired) electrons. The van der Waals surface area contributed by atoms with E-state index < -0.39 is 0 Å². The van der Waals surface area contributed by atoms with Crippen molar-refractivity contribution >= 4 is 11.8 Å². The van der Waals surface area contributed by atoms with Crippen LogP contribution < -0.4 is 4.74 Å². The summed E-state index contributed by atoms with van der Waals surface area (Å²) in [5, 5.41) is 17.8. The van der Waals surface area contributed by atoms with Gasteiger partial charge in [0.25, 0.3) is 0 Å². The quantitative estimate of drug-likeness (QED) is 0.789. The summed E-state index contributed by atoms with van der Waals surface area (Å²) in [7, 11) is 0. The van der Waals surface area contributed by atoms with Gasteiger partial charge in [0.15, 0.2) is 0 Å². The van der Waals surface area contributed by atoms with Crippen molar-refractivity contribution in [3.05, 3.63) is 53.6 Å². The van der Waals surface area contributed by atoms with E-state index in [-0.39, 0.29) is 0 Å². The Kier molecular flexibility index (Phi) is 4.07. The highest BCUT2D eigenvalue weighted by Gasteiger charge is 2.04. The number of hydrogen-bond acceptors (Lipinski definition) is 4. The molecule has 0 atom stereocenters. The van der Waals surface area contributed by atoms with Crippen molar-refractivity contribution in [3.8, 4) is 23.6 Å². The molecule has 0 aliphatic carbocycles. The van der Waals surface area contributed by atoms with E-state index in [0.717, 1.165) is 4.90 Å². The van der Waals surface area contributed by atoms with E-state index in [9.17, 15) is 0 Å². The van der Waals surface area contributed by atoms with Gasteiger partial charge in [-0.2, -0.15) is 10.5 Å². The van der Waals surface area contributed by atoms with Crippen LogP contribution in [0.15, 0.2) is 47.4 Å². The first kappa shape index (κ1) is 13.0. The van der Waals surface area contributed by atoms with Crippen LogP contribution in [0.5, 0.6) is 11.5 Å². The van der Waals surface area contributed by atoms with E-state index in [1.807, 2.05) is 42.7 Å². The van der Waals surface area contributed by atoms with E-state index in [2.05, 4.69) is 0 Å². The molecule has 0 amide bonds. The normalized spacial score (nSPS) is 9.42. The number of nitrogens with zero attached hydrogens (tertiary/aromatic N) is 2. The van der Waals surface area contributed by atoms with Gasteiger partial charge in [0.1, 0.15) is 23.6 Å². The topological polar surface area (TPSA) is 56.8 Å². The van der Waals surface area contributed by atoms with Gasteiger partial charge in [-0.3, -0.25) is 0 Å². The van der Waals surface area contributed by atoms with E-state index in [1.54, 1.807) is 30.0 Å². The van der Waals surface area contributed by atoms with Crippen molar-refractivity contribution in [1.29, 1.82) is 10.5 Å². The third kappa shape index (κ3) is 3.07. The maximum Gasteiger partial charge on any atom is 0.128 e. The lowest BCUT2D eigenvalue weighted by atomic mass is 10.1. The number of benzene rings is 2. The standard InChI is InChI=1S/C15H10N2OS/c1-19-15-6-4-13(5-7-15)18-14-3-2-11(9-16)12(8-14)10-17/h2-8H,1H3. The SMILES string of the molecule is CSc1ccc(Oc2ccc(C#N)c(C#N)c2)cc1. The van der Waals surface area contributed by atoms with Gasteiger partial charge in [0, 0.05) is 4.90 Å². The average molecular weight is 266 g/mol. The molecule has 0 N–H and O–H groups in total. The minimum absolute atomic E-state index is 0.320. The molecule has 2 aromatic rings. The molecule has 0 aliphatic rings. The minimum atomic E-state index is 0.320. The molecule has 0 aliphatic heterocycles. The van der Waals surface area contributed by atoms with Crippen molar-refractivity contribution in [2.75, 3.05) is 6.26 Å². The molecule has 0 bridgehead atoms. The Morgan fingerprint density at radius 2 is 1.53 bits per heavy atom. The number of rotatable bonds is 3. The van der Waals surface area contributed by atoms with Gasteiger partial charge in [-0.15, -0.1) is 11.8 Å². The number of thioether (sulfide) groups is 1. The molecule has 92 valence electrons. The van der Waals surface area contributed by atoms with Crippen molar-refractivity contribution in [2.45, 2.75) is 4.90 Å². The van der Waals surface area contributed by atoms with Crippen LogP contribution in [0, 0.1) is 22.7 Å². The molecule has 2 rings (SSSR count). The molecule has 0 unspecified atom stereocenters. The van der Waals surface area contributed by atoms with Crippen LogP contribution in [-0.2, 0) is 0 Å². The number of ether oxygens (including phenoxy) is 1. The van der Waals surface area contributed by atoms with E-state index in [4.69, 9.17) is 15.3 Å². The van der Waals surface area contributed by atoms with Crippen LogP contribution >= 0.6 is 11.8 Å². The van der Waals surface area contributed by atoms with Gasteiger partial charge in [-0.25, -0.2) is 0 Å². The van der Waals surface area contributed by atoms with Crippen LogP contribution in [0.3, 0.4) is 0 Å². The monoisotopic (exact) mass is 266 g/mol. The third-order valence-corrected chi connectivity index (χ3v) is 3.27. The van der Waals surface area contributed by atoms with Gasteiger partial charge in [-0.05, 0) is 48.7 Å². The van der Waals surface area contributed by atoms with Crippen molar-refractivity contribution in [2.24, 2.45) is 0 Å². The Hall–Kier alpha value is -2.43. The fraction of sp³-hybridized carbons (Fsp3) is 0.0667. The zero-order valence-electron chi connectivity index (χ0n) is 10.3. The molecule has 4 heteroatoms. The Morgan fingerprint density at radius 1 is 0.895 bits per heavy atom. The maximum absolute atomic E-state index is 8.95. The molecule has 2 aromatic carbocycles. The summed E-state index contributed by atoms with van der Waals surface area (Å²) in [5.41, 5.74) is 0.674. The summed E-state index contributed by atoms with van der Waals surface area (Å²) < 4.78 is 5.65.